The fourth-order valence-corrected chi connectivity index (χ4v) is 2.44. The van der Waals surface area contributed by atoms with Gasteiger partial charge in [-0.3, -0.25) is 0 Å². The molecule has 0 aliphatic carbocycles. The summed E-state index contributed by atoms with van der Waals surface area (Å²) in [6, 6.07) is 15.6. The summed E-state index contributed by atoms with van der Waals surface area (Å²) in [5.41, 5.74) is 14.6. The van der Waals surface area contributed by atoms with Gasteiger partial charge in [-0.2, -0.15) is 0 Å². The van der Waals surface area contributed by atoms with Crippen molar-refractivity contribution in [3.8, 4) is 5.75 Å². The van der Waals surface area contributed by atoms with Crippen LogP contribution < -0.4 is 16.2 Å². The van der Waals surface area contributed by atoms with Crippen LogP contribution >= 0.6 is 0 Å². The van der Waals surface area contributed by atoms with E-state index in [4.69, 9.17) is 16.2 Å². The number of anilines is 2. The number of hydrogen-bond acceptors (Lipinski definition) is 4. The van der Waals surface area contributed by atoms with Crippen molar-refractivity contribution in [2.75, 3.05) is 18.6 Å². The zero-order valence-corrected chi connectivity index (χ0v) is 11.8. The highest BCUT2D eigenvalue weighted by molar-refractivity contribution is 5.89. The van der Waals surface area contributed by atoms with E-state index in [1.165, 1.54) is 0 Å². The average molecular weight is 279 g/mol. The molecule has 106 valence electrons. The van der Waals surface area contributed by atoms with Crippen LogP contribution in [0.1, 0.15) is 11.3 Å². The molecule has 0 aliphatic heterocycles. The summed E-state index contributed by atoms with van der Waals surface area (Å²) in [6.45, 7) is 0. The van der Waals surface area contributed by atoms with Crippen molar-refractivity contribution in [3.05, 3.63) is 59.8 Å². The lowest BCUT2D eigenvalue weighted by molar-refractivity contribution is 0.414. The van der Waals surface area contributed by atoms with Crippen LogP contribution in [0, 0.1) is 0 Å². The maximum Gasteiger partial charge on any atom is 0.124 e. The number of fused-ring (bicyclic) bond motifs is 1. The third-order valence-electron chi connectivity index (χ3n) is 3.48. The van der Waals surface area contributed by atoms with Gasteiger partial charge in [-0.25, -0.2) is 4.98 Å². The number of ether oxygens (including phenoxy) is 1. The molecule has 4 N–H and O–H groups in total. The molecule has 3 aromatic rings. The van der Waals surface area contributed by atoms with Crippen LogP contribution in [0.15, 0.2) is 48.5 Å². The Kier molecular flexibility index (Phi) is 3.36. The van der Waals surface area contributed by atoms with Gasteiger partial charge in [0.1, 0.15) is 11.6 Å². The largest absolute Gasteiger partial charge is 0.497 e. The molecule has 1 heterocycles. The molecule has 0 saturated heterocycles. The molecule has 2 aromatic carbocycles. The molecule has 0 saturated carbocycles. The normalized spacial score (nSPS) is 10.7. The monoisotopic (exact) mass is 279 g/mol. The zero-order valence-electron chi connectivity index (χ0n) is 11.8. The van der Waals surface area contributed by atoms with Crippen molar-refractivity contribution < 1.29 is 4.74 Å². The molecular formula is C17H17N3O. The first-order valence-corrected chi connectivity index (χ1v) is 6.73. The Balaban J connectivity index is 2.02. The molecule has 4 nitrogen and oxygen atoms in total. The Bertz CT molecular complexity index is 777. The standard InChI is InChI=1S/C17H17N3O/c1-21-14-5-2-11(3-6-14)8-16-15-7-4-13(18)9-12(15)10-17(19)20-16/h2-7,9-10H,8,18H2,1H3,(H2,19,20). The van der Waals surface area contributed by atoms with Crippen molar-refractivity contribution in [1.29, 1.82) is 0 Å². The minimum atomic E-state index is 0.511. The van der Waals surface area contributed by atoms with Gasteiger partial charge >= 0.3 is 0 Å². The highest BCUT2D eigenvalue weighted by Crippen LogP contribution is 2.24. The summed E-state index contributed by atoms with van der Waals surface area (Å²) >= 11 is 0. The Labute approximate surface area is 123 Å². The molecule has 0 spiro atoms. The van der Waals surface area contributed by atoms with Crippen LogP contribution in [-0.4, -0.2) is 12.1 Å². The molecule has 21 heavy (non-hydrogen) atoms. The second-order valence-electron chi connectivity index (χ2n) is 5.00. The maximum atomic E-state index is 5.90. The van der Waals surface area contributed by atoms with Crippen molar-refractivity contribution in [2.45, 2.75) is 6.42 Å². The van der Waals surface area contributed by atoms with E-state index in [2.05, 4.69) is 4.98 Å². The van der Waals surface area contributed by atoms with Crippen LogP contribution in [0.25, 0.3) is 10.8 Å². The molecule has 1 aromatic heterocycles. The van der Waals surface area contributed by atoms with E-state index in [0.717, 1.165) is 39.9 Å². The molecule has 0 amide bonds. The number of nitrogens with zero attached hydrogens (tertiary/aromatic N) is 1. The van der Waals surface area contributed by atoms with Gasteiger partial charge in [-0.15, -0.1) is 0 Å². The first-order chi connectivity index (χ1) is 10.2. The minimum absolute atomic E-state index is 0.511. The lowest BCUT2D eigenvalue weighted by atomic mass is 10.0. The van der Waals surface area contributed by atoms with E-state index in [-0.39, 0.29) is 0 Å². The average Bonchev–Trinajstić information content (AvgIpc) is 2.47. The minimum Gasteiger partial charge on any atom is -0.497 e. The Morgan fingerprint density at radius 3 is 2.48 bits per heavy atom. The van der Waals surface area contributed by atoms with Gasteiger partial charge in [0.05, 0.1) is 12.8 Å². The number of nitrogen functional groups attached to an aromatic ring is 2. The molecule has 0 radical (unpaired) electrons. The fraction of sp³-hybridized carbons (Fsp3) is 0.118. The quantitative estimate of drug-likeness (QED) is 0.723. The van der Waals surface area contributed by atoms with Gasteiger partial charge in [0.2, 0.25) is 0 Å². The first-order valence-electron chi connectivity index (χ1n) is 6.73. The molecule has 0 unspecified atom stereocenters. The first kappa shape index (κ1) is 13.2. The van der Waals surface area contributed by atoms with Gasteiger partial charge in [0, 0.05) is 17.5 Å². The zero-order chi connectivity index (χ0) is 14.8. The number of nitrogens with two attached hydrogens (primary N) is 2. The van der Waals surface area contributed by atoms with Gasteiger partial charge in [0.15, 0.2) is 0 Å². The van der Waals surface area contributed by atoms with E-state index >= 15 is 0 Å². The molecule has 0 aliphatic rings. The van der Waals surface area contributed by atoms with Crippen molar-refractivity contribution in [2.24, 2.45) is 0 Å². The molecular weight excluding hydrogens is 262 g/mol. The van der Waals surface area contributed by atoms with Gasteiger partial charge in [-0.1, -0.05) is 18.2 Å². The van der Waals surface area contributed by atoms with E-state index in [9.17, 15) is 0 Å². The Hall–Kier alpha value is -2.75. The summed E-state index contributed by atoms with van der Waals surface area (Å²) in [6.07, 6.45) is 0.718. The van der Waals surface area contributed by atoms with Crippen LogP contribution in [0.2, 0.25) is 0 Å². The van der Waals surface area contributed by atoms with E-state index in [1.807, 2.05) is 48.5 Å². The van der Waals surface area contributed by atoms with Crippen LogP contribution in [-0.2, 0) is 6.42 Å². The van der Waals surface area contributed by atoms with Gasteiger partial charge in [-0.05, 0) is 41.3 Å². The SMILES string of the molecule is COc1ccc(Cc2nc(N)cc3cc(N)ccc23)cc1. The summed E-state index contributed by atoms with van der Waals surface area (Å²) in [7, 11) is 1.66. The smallest absolute Gasteiger partial charge is 0.124 e. The third kappa shape index (κ3) is 2.74. The highest BCUT2D eigenvalue weighted by atomic mass is 16.5. The topological polar surface area (TPSA) is 74.2 Å². The summed E-state index contributed by atoms with van der Waals surface area (Å²) in [4.78, 5) is 4.47. The van der Waals surface area contributed by atoms with E-state index in [0.29, 0.717) is 5.82 Å². The van der Waals surface area contributed by atoms with Crippen molar-refractivity contribution in [3.63, 3.8) is 0 Å². The van der Waals surface area contributed by atoms with E-state index in [1.54, 1.807) is 7.11 Å². The second kappa shape index (κ2) is 5.32. The highest BCUT2D eigenvalue weighted by Gasteiger charge is 2.06. The number of methoxy groups -OCH3 is 1. The lowest BCUT2D eigenvalue weighted by Crippen LogP contribution is -1.99. The van der Waals surface area contributed by atoms with Gasteiger partial charge in [0.25, 0.3) is 0 Å². The summed E-state index contributed by atoms with van der Waals surface area (Å²) in [5.74, 6) is 1.36. The van der Waals surface area contributed by atoms with E-state index < -0.39 is 0 Å². The second-order valence-corrected chi connectivity index (χ2v) is 5.00. The number of rotatable bonds is 3. The number of benzene rings is 2. The molecule has 3 rings (SSSR count). The van der Waals surface area contributed by atoms with Gasteiger partial charge < -0.3 is 16.2 Å². The van der Waals surface area contributed by atoms with Crippen LogP contribution in [0.4, 0.5) is 11.5 Å². The Morgan fingerprint density at radius 1 is 1.00 bits per heavy atom. The molecule has 0 fully saturated rings. The maximum absolute atomic E-state index is 5.90. The predicted molar refractivity (Wildman–Crippen MR) is 86.4 cm³/mol. The number of aromatic nitrogens is 1. The summed E-state index contributed by atoms with van der Waals surface area (Å²) in [5, 5.41) is 2.10. The molecule has 0 atom stereocenters. The fourth-order valence-electron chi connectivity index (χ4n) is 2.44. The Morgan fingerprint density at radius 2 is 1.76 bits per heavy atom. The van der Waals surface area contributed by atoms with Crippen molar-refractivity contribution >= 4 is 22.3 Å². The van der Waals surface area contributed by atoms with Crippen molar-refractivity contribution in [1.82, 2.24) is 4.98 Å². The number of pyridine rings is 1. The van der Waals surface area contributed by atoms with Crippen LogP contribution in [0.5, 0.6) is 5.75 Å². The predicted octanol–water partition coefficient (Wildman–Crippen LogP) is 3.00. The molecule has 0 bridgehead atoms. The lowest BCUT2D eigenvalue weighted by Gasteiger charge is -2.09. The third-order valence-corrected chi connectivity index (χ3v) is 3.48. The summed E-state index contributed by atoms with van der Waals surface area (Å²) < 4.78 is 5.17. The number of hydrogen-bond donors (Lipinski definition) is 2. The molecule has 4 heteroatoms. The van der Waals surface area contributed by atoms with Crippen LogP contribution in [0.3, 0.4) is 0 Å².